The van der Waals surface area contributed by atoms with E-state index in [1.165, 1.54) is 12.1 Å². The van der Waals surface area contributed by atoms with Crippen molar-refractivity contribution in [2.24, 2.45) is 0 Å². The van der Waals surface area contributed by atoms with Crippen LogP contribution in [0.5, 0.6) is 0 Å². The summed E-state index contributed by atoms with van der Waals surface area (Å²) in [5, 5.41) is 3.11. The van der Waals surface area contributed by atoms with Crippen LogP contribution in [0.2, 0.25) is 0 Å². The number of nitrogens with one attached hydrogen (secondary N) is 1. The summed E-state index contributed by atoms with van der Waals surface area (Å²) in [6.45, 7) is 0.982. The third-order valence-corrected chi connectivity index (χ3v) is 3.29. The van der Waals surface area contributed by atoms with Gasteiger partial charge < -0.3 is 9.73 Å². The van der Waals surface area contributed by atoms with Crippen LogP contribution in [0.3, 0.4) is 0 Å². The highest BCUT2D eigenvalue weighted by Gasteiger charge is 2.07. The standard InChI is InChI=1S/C14H14F3NOS/c15-11-3-1-2-10(6-11)7-18-8-12-4-5-13(19-12)9-20-14(16)17/h1-6,14,18H,7-9H2. The van der Waals surface area contributed by atoms with Crippen LogP contribution in [-0.4, -0.2) is 5.76 Å². The molecule has 0 spiro atoms. The van der Waals surface area contributed by atoms with Crippen molar-refractivity contribution in [3.05, 3.63) is 59.3 Å². The molecule has 0 radical (unpaired) electrons. The molecular weight excluding hydrogens is 287 g/mol. The zero-order chi connectivity index (χ0) is 14.4. The van der Waals surface area contributed by atoms with Crippen molar-refractivity contribution >= 4 is 11.8 Å². The number of furan rings is 1. The normalized spacial score (nSPS) is 11.2. The molecule has 1 N–H and O–H groups in total. The third-order valence-electron chi connectivity index (χ3n) is 2.59. The Labute approximate surface area is 119 Å². The van der Waals surface area contributed by atoms with E-state index in [9.17, 15) is 13.2 Å². The Balaban J connectivity index is 1.77. The van der Waals surface area contributed by atoms with E-state index in [0.29, 0.717) is 36.4 Å². The molecule has 0 bridgehead atoms. The van der Waals surface area contributed by atoms with Crippen LogP contribution in [0.1, 0.15) is 17.1 Å². The lowest BCUT2D eigenvalue weighted by Gasteiger charge is -2.03. The van der Waals surface area contributed by atoms with Crippen molar-refractivity contribution in [2.75, 3.05) is 0 Å². The van der Waals surface area contributed by atoms with Gasteiger partial charge in [0.05, 0.1) is 12.3 Å². The van der Waals surface area contributed by atoms with E-state index in [1.54, 1.807) is 18.2 Å². The molecular formula is C14H14F3NOS. The van der Waals surface area contributed by atoms with Crippen LogP contribution in [0, 0.1) is 5.82 Å². The molecule has 108 valence electrons. The second kappa shape index (κ2) is 7.40. The van der Waals surface area contributed by atoms with E-state index in [2.05, 4.69) is 5.32 Å². The minimum atomic E-state index is -2.39. The molecule has 2 aromatic rings. The van der Waals surface area contributed by atoms with E-state index in [-0.39, 0.29) is 11.6 Å². The summed E-state index contributed by atoms with van der Waals surface area (Å²) >= 11 is 0.531. The van der Waals surface area contributed by atoms with E-state index in [1.807, 2.05) is 6.07 Å². The van der Waals surface area contributed by atoms with Gasteiger partial charge in [-0.25, -0.2) is 4.39 Å². The van der Waals surface area contributed by atoms with Crippen LogP contribution in [0.25, 0.3) is 0 Å². The van der Waals surface area contributed by atoms with Crippen molar-refractivity contribution < 1.29 is 17.6 Å². The molecule has 20 heavy (non-hydrogen) atoms. The number of hydrogen-bond donors (Lipinski definition) is 1. The Hall–Kier alpha value is -1.40. The number of thioether (sulfide) groups is 1. The molecule has 0 aliphatic heterocycles. The molecule has 0 atom stereocenters. The van der Waals surface area contributed by atoms with E-state index in [0.717, 1.165) is 5.56 Å². The summed E-state index contributed by atoms with van der Waals surface area (Å²) in [6.07, 6.45) is 0. The minimum absolute atomic E-state index is 0.154. The number of halogens is 3. The number of benzene rings is 1. The zero-order valence-corrected chi connectivity index (χ0v) is 11.4. The molecule has 0 amide bonds. The lowest BCUT2D eigenvalue weighted by molar-refractivity contribution is 0.251. The maximum Gasteiger partial charge on any atom is 0.284 e. The first-order valence-electron chi connectivity index (χ1n) is 6.06. The maximum absolute atomic E-state index is 13.0. The van der Waals surface area contributed by atoms with Crippen molar-refractivity contribution in [3.8, 4) is 0 Å². The average Bonchev–Trinajstić information content (AvgIpc) is 2.84. The van der Waals surface area contributed by atoms with Crippen LogP contribution < -0.4 is 5.32 Å². The van der Waals surface area contributed by atoms with E-state index < -0.39 is 5.76 Å². The second-order valence-electron chi connectivity index (χ2n) is 4.17. The smallest absolute Gasteiger partial charge is 0.284 e. The highest BCUT2D eigenvalue weighted by molar-refractivity contribution is 7.98. The molecule has 0 saturated heterocycles. The first-order chi connectivity index (χ1) is 9.63. The first kappa shape index (κ1) is 15.0. The Morgan fingerprint density at radius 1 is 1.10 bits per heavy atom. The van der Waals surface area contributed by atoms with Gasteiger partial charge in [-0.1, -0.05) is 23.9 Å². The van der Waals surface area contributed by atoms with Crippen LogP contribution in [0.4, 0.5) is 13.2 Å². The van der Waals surface area contributed by atoms with Gasteiger partial charge in [0.2, 0.25) is 0 Å². The molecule has 2 rings (SSSR count). The third kappa shape index (κ3) is 4.94. The van der Waals surface area contributed by atoms with Crippen molar-refractivity contribution in [2.45, 2.75) is 24.6 Å². The predicted octanol–water partition coefficient (Wildman–Crippen LogP) is 4.16. The molecule has 1 heterocycles. The molecule has 0 aliphatic rings. The molecule has 6 heteroatoms. The van der Waals surface area contributed by atoms with Crippen molar-refractivity contribution in [3.63, 3.8) is 0 Å². The molecule has 0 fully saturated rings. The highest BCUT2D eigenvalue weighted by Crippen LogP contribution is 2.21. The van der Waals surface area contributed by atoms with Gasteiger partial charge in [0.15, 0.2) is 0 Å². The number of rotatable bonds is 7. The van der Waals surface area contributed by atoms with Gasteiger partial charge in [-0.3, -0.25) is 0 Å². The van der Waals surface area contributed by atoms with E-state index >= 15 is 0 Å². The largest absolute Gasteiger partial charge is 0.464 e. The first-order valence-corrected chi connectivity index (χ1v) is 7.11. The Morgan fingerprint density at radius 2 is 1.90 bits per heavy atom. The summed E-state index contributed by atoms with van der Waals surface area (Å²) in [7, 11) is 0. The minimum Gasteiger partial charge on any atom is -0.464 e. The fourth-order valence-electron chi connectivity index (χ4n) is 1.72. The fraction of sp³-hybridized carbons (Fsp3) is 0.286. The predicted molar refractivity (Wildman–Crippen MR) is 73.0 cm³/mol. The van der Waals surface area contributed by atoms with Crippen molar-refractivity contribution in [1.82, 2.24) is 5.32 Å². The number of hydrogen-bond acceptors (Lipinski definition) is 3. The topological polar surface area (TPSA) is 25.2 Å². The van der Waals surface area contributed by atoms with Gasteiger partial charge in [0.1, 0.15) is 17.3 Å². The quantitative estimate of drug-likeness (QED) is 0.831. The van der Waals surface area contributed by atoms with Gasteiger partial charge in [0.25, 0.3) is 5.76 Å². The zero-order valence-electron chi connectivity index (χ0n) is 10.6. The summed E-state index contributed by atoms with van der Waals surface area (Å²) < 4.78 is 42.4. The summed E-state index contributed by atoms with van der Waals surface area (Å²) in [5.41, 5.74) is 0.838. The average molecular weight is 301 g/mol. The van der Waals surface area contributed by atoms with Crippen LogP contribution in [0.15, 0.2) is 40.8 Å². The van der Waals surface area contributed by atoms with Gasteiger partial charge in [0, 0.05) is 6.54 Å². The van der Waals surface area contributed by atoms with Crippen LogP contribution in [-0.2, 0) is 18.8 Å². The summed E-state index contributed by atoms with van der Waals surface area (Å²) in [4.78, 5) is 0. The SMILES string of the molecule is Fc1cccc(CNCc2ccc(CSC(F)F)o2)c1. The van der Waals surface area contributed by atoms with Crippen LogP contribution >= 0.6 is 11.8 Å². The highest BCUT2D eigenvalue weighted by atomic mass is 32.2. The Kier molecular flexibility index (Phi) is 5.55. The molecule has 1 aromatic carbocycles. The number of alkyl halides is 2. The van der Waals surface area contributed by atoms with Crippen molar-refractivity contribution in [1.29, 1.82) is 0 Å². The fourth-order valence-corrected chi connectivity index (χ4v) is 2.16. The van der Waals surface area contributed by atoms with E-state index in [4.69, 9.17) is 4.42 Å². The monoisotopic (exact) mass is 301 g/mol. The summed E-state index contributed by atoms with van der Waals surface area (Å²) in [5.74, 6) is -1.31. The molecule has 1 aromatic heterocycles. The second-order valence-corrected chi connectivity index (χ2v) is 5.15. The molecule has 0 saturated carbocycles. The van der Waals surface area contributed by atoms with Gasteiger partial charge in [-0.15, -0.1) is 0 Å². The van der Waals surface area contributed by atoms with Gasteiger partial charge in [-0.05, 0) is 29.8 Å². The summed E-state index contributed by atoms with van der Waals surface area (Å²) in [6, 6.07) is 9.76. The van der Waals surface area contributed by atoms with Gasteiger partial charge in [-0.2, -0.15) is 8.78 Å². The van der Waals surface area contributed by atoms with Gasteiger partial charge >= 0.3 is 0 Å². The Bertz CT molecular complexity index is 545. The molecule has 0 unspecified atom stereocenters. The molecule has 2 nitrogen and oxygen atoms in total. The lowest BCUT2D eigenvalue weighted by atomic mass is 10.2. The maximum atomic E-state index is 13.0. The Morgan fingerprint density at radius 3 is 2.65 bits per heavy atom. The molecule has 0 aliphatic carbocycles. The lowest BCUT2D eigenvalue weighted by Crippen LogP contribution is -2.12.